The molecule has 0 amide bonds. The molecule has 1 aromatic carbocycles. The minimum Gasteiger partial charge on any atom is -0.382 e. The topological polar surface area (TPSA) is 52.8 Å². The van der Waals surface area contributed by atoms with E-state index < -0.39 is 6.23 Å². The lowest BCUT2D eigenvalue weighted by molar-refractivity contribution is 0.0878. The van der Waals surface area contributed by atoms with E-state index in [1.165, 1.54) is 10.9 Å². The molecule has 1 unspecified atom stereocenters. The predicted octanol–water partition coefficient (Wildman–Crippen LogP) is 3.01. The lowest BCUT2D eigenvalue weighted by Crippen LogP contribution is -2.37. The number of anilines is 1. The number of aliphatic imine (C=N–C) groups is 1. The first-order valence-corrected chi connectivity index (χ1v) is 8.13. The fraction of sp³-hybridized carbons (Fsp3) is 0.389. The van der Waals surface area contributed by atoms with Gasteiger partial charge in [0, 0.05) is 31.7 Å². The SMILES string of the molecule is CC/C=C/N=C(/c1cc2cccc3c2n1CCN3)N(C)C(C)O. The fourth-order valence-electron chi connectivity index (χ4n) is 2.93. The van der Waals surface area contributed by atoms with Crippen LogP contribution in [0.25, 0.3) is 10.9 Å². The average Bonchev–Trinajstić information content (AvgIpc) is 2.92. The van der Waals surface area contributed by atoms with Crippen LogP contribution in [0.1, 0.15) is 26.0 Å². The summed E-state index contributed by atoms with van der Waals surface area (Å²) >= 11 is 0. The second kappa shape index (κ2) is 6.46. The number of allylic oxidation sites excluding steroid dienone is 1. The standard InChI is InChI=1S/C18H24N4O/c1-4-5-9-20-18(21(3)13(2)23)16-12-14-7-6-8-15-17(14)22(16)11-10-19-15/h5-9,12-13,19,23H,4,10-11H2,1-3H3/b9-5+,20-18-. The summed E-state index contributed by atoms with van der Waals surface area (Å²) in [5.41, 5.74) is 3.40. The summed E-state index contributed by atoms with van der Waals surface area (Å²) < 4.78 is 2.29. The van der Waals surface area contributed by atoms with Crippen LogP contribution in [0.3, 0.4) is 0 Å². The van der Waals surface area contributed by atoms with Gasteiger partial charge in [-0.25, -0.2) is 4.99 Å². The summed E-state index contributed by atoms with van der Waals surface area (Å²) in [5.74, 6) is 0.786. The van der Waals surface area contributed by atoms with E-state index in [0.29, 0.717) is 0 Å². The second-order valence-corrected chi connectivity index (χ2v) is 5.84. The first kappa shape index (κ1) is 15.6. The first-order chi connectivity index (χ1) is 11.1. The fourth-order valence-corrected chi connectivity index (χ4v) is 2.93. The number of nitrogens with one attached hydrogen (secondary N) is 1. The third-order valence-corrected chi connectivity index (χ3v) is 4.23. The van der Waals surface area contributed by atoms with Gasteiger partial charge in [-0.3, -0.25) is 0 Å². The van der Waals surface area contributed by atoms with E-state index in [2.05, 4.69) is 46.1 Å². The van der Waals surface area contributed by atoms with Crippen molar-refractivity contribution < 1.29 is 5.11 Å². The Balaban J connectivity index is 2.17. The van der Waals surface area contributed by atoms with Crippen molar-refractivity contribution in [2.45, 2.75) is 33.0 Å². The molecule has 2 aromatic rings. The number of hydrogen-bond acceptors (Lipinski definition) is 3. The maximum atomic E-state index is 10.0. The van der Waals surface area contributed by atoms with E-state index in [0.717, 1.165) is 36.7 Å². The molecule has 1 aromatic heterocycles. The van der Waals surface area contributed by atoms with Crippen LogP contribution in [0.2, 0.25) is 0 Å². The van der Waals surface area contributed by atoms with Crippen molar-refractivity contribution in [2.75, 3.05) is 18.9 Å². The Morgan fingerprint density at radius 3 is 3.09 bits per heavy atom. The zero-order valence-electron chi connectivity index (χ0n) is 14.0. The van der Waals surface area contributed by atoms with Gasteiger partial charge >= 0.3 is 0 Å². The number of para-hydroxylation sites is 1. The van der Waals surface area contributed by atoms with Gasteiger partial charge in [0.25, 0.3) is 0 Å². The minimum absolute atomic E-state index is 0.601. The molecule has 122 valence electrons. The molecule has 0 aliphatic carbocycles. The van der Waals surface area contributed by atoms with Crippen LogP contribution in [0.5, 0.6) is 0 Å². The van der Waals surface area contributed by atoms with Crippen LogP contribution in [0.15, 0.2) is 41.5 Å². The Morgan fingerprint density at radius 2 is 2.35 bits per heavy atom. The van der Waals surface area contributed by atoms with E-state index >= 15 is 0 Å². The minimum atomic E-state index is -0.601. The monoisotopic (exact) mass is 312 g/mol. The third kappa shape index (κ3) is 2.84. The molecule has 0 saturated heterocycles. The number of hydrogen-bond donors (Lipinski definition) is 2. The quantitative estimate of drug-likeness (QED) is 0.518. The number of nitrogens with zero attached hydrogens (tertiary/aromatic N) is 3. The van der Waals surface area contributed by atoms with Crippen LogP contribution in [-0.4, -0.2) is 40.2 Å². The highest BCUT2D eigenvalue weighted by Gasteiger charge is 2.22. The molecule has 2 N–H and O–H groups in total. The van der Waals surface area contributed by atoms with Gasteiger partial charge in [-0.05, 0) is 25.5 Å². The summed E-state index contributed by atoms with van der Waals surface area (Å²) in [6, 6.07) is 8.45. The van der Waals surface area contributed by atoms with Crippen LogP contribution in [0.4, 0.5) is 5.69 Å². The molecule has 1 atom stereocenters. The van der Waals surface area contributed by atoms with Crippen LogP contribution in [-0.2, 0) is 6.54 Å². The highest BCUT2D eigenvalue weighted by atomic mass is 16.3. The van der Waals surface area contributed by atoms with Crippen LogP contribution >= 0.6 is 0 Å². The average molecular weight is 312 g/mol. The Hall–Kier alpha value is -2.27. The zero-order chi connectivity index (χ0) is 16.4. The molecular formula is C18H24N4O. The summed E-state index contributed by atoms with van der Waals surface area (Å²) in [7, 11) is 1.87. The summed E-state index contributed by atoms with van der Waals surface area (Å²) in [4.78, 5) is 6.43. The molecule has 0 fully saturated rings. The van der Waals surface area contributed by atoms with E-state index in [-0.39, 0.29) is 0 Å². The van der Waals surface area contributed by atoms with E-state index in [1.807, 2.05) is 19.3 Å². The number of aliphatic hydroxyl groups is 1. The van der Waals surface area contributed by atoms with Gasteiger partial charge in [0.2, 0.25) is 0 Å². The van der Waals surface area contributed by atoms with Gasteiger partial charge in [0.1, 0.15) is 6.23 Å². The molecule has 3 rings (SSSR count). The molecular weight excluding hydrogens is 288 g/mol. The Morgan fingerprint density at radius 1 is 1.52 bits per heavy atom. The van der Waals surface area contributed by atoms with Crippen molar-refractivity contribution in [1.29, 1.82) is 0 Å². The number of aliphatic hydroxyl groups excluding tert-OH is 1. The molecule has 1 aliphatic rings. The number of rotatable bonds is 4. The largest absolute Gasteiger partial charge is 0.382 e. The predicted molar refractivity (Wildman–Crippen MR) is 95.8 cm³/mol. The Labute approximate surface area is 136 Å². The molecule has 1 aliphatic heterocycles. The van der Waals surface area contributed by atoms with Gasteiger partial charge < -0.3 is 19.9 Å². The molecule has 0 radical (unpaired) electrons. The number of amidine groups is 1. The number of aromatic nitrogens is 1. The van der Waals surface area contributed by atoms with Crippen molar-refractivity contribution in [3.8, 4) is 0 Å². The molecule has 0 spiro atoms. The highest BCUT2D eigenvalue weighted by molar-refractivity contribution is 6.05. The van der Waals surface area contributed by atoms with Gasteiger partial charge in [0.05, 0.1) is 16.9 Å². The van der Waals surface area contributed by atoms with Crippen LogP contribution in [0, 0.1) is 0 Å². The summed E-state index contributed by atoms with van der Waals surface area (Å²) in [5, 5.41) is 14.7. The maximum absolute atomic E-state index is 10.0. The first-order valence-electron chi connectivity index (χ1n) is 8.13. The van der Waals surface area contributed by atoms with Gasteiger partial charge in [-0.1, -0.05) is 25.1 Å². The van der Waals surface area contributed by atoms with Gasteiger partial charge in [0.15, 0.2) is 5.84 Å². The highest BCUT2D eigenvalue weighted by Crippen LogP contribution is 2.30. The molecule has 0 saturated carbocycles. The van der Waals surface area contributed by atoms with E-state index in [1.54, 1.807) is 11.8 Å². The van der Waals surface area contributed by atoms with Crippen molar-refractivity contribution >= 4 is 22.4 Å². The second-order valence-electron chi connectivity index (χ2n) is 5.84. The van der Waals surface area contributed by atoms with Crippen molar-refractivity contribution in [1.82, 2.24) is 9.47 Å². The molecule has 5 nitrogen and oxygen atoms in total. The summed E-state index contributed by atoms with van der Waals surface area (Å²) in [6.07, 6.45) is 4.17. The Bertz CT molecular complexity index is 758. The van der Waals surface area contributed by atoms with E-state index in [4.69, 9.17) is 0 Å². The lowest BCUT2D eigenvalue weighted by Gasteiger charge is -2.26. The summed E-state index contributed by atoms with van der Waals surface area (Å²) in [6.45, 7) is 5.62. The van der Waals surface area contributed by atoms with Crippen molar-refractivity contribution in [3.05, 3.63) is 42.2 Å². The number of benzene rings is 1. The van der Waals surface area contributed by atoms with Crippen molar-refractivity contribution in [2.24, 2.45) is 4.99 Å². The van der Waals surface area contributed by atoms with Crippen LogP contribution < -0.4 is 5.32 Å². The van der Waals surface area contributed by atoms with Gasteiger partial charge in [-0.15, -0.1) is 0 Å². The van der Waals surface area contributed by atoms with E-state index in [9.17, 15) is 5.11 Å². The molecule has 23 heavy (non-hydrogen) atoms. The van der Waals surface area contributed by atoms with Gasteiger partial charge in [-0.2, -0.15) is 0 Å². The van der Waals surface area contributed by atoms with Crippen molar-refractivity contribution in [3.63, 3.8) is 0 Å². The maximum Gasteiger partial charge on any atom is 0.154 e. The smallest absolute Gasteiger partial charge is 0.154 e. The Kier molecular flexibility index (Phi) is 4.39. The third-order valence-electron chi connectivity index (χ3n) is 4.23. The normalized spacial score (nSPS) is 15.9. The molecule has 0 bridgehead atoms. The lowest BCUT2D eigenvalue weighted by atomic mass is 10.2. The zero-order valence-corrected chi connectivity index (χ0v) is 14.0. The molecule has 2 heterocycles. The molecule has 5 heteroatoms.